The Balaban J connectivity index is 1.43. The minimum Gasteiger partial charge on any atom is -0.444 e. The number of nitrogens with one attached hydrogen (secondary N) is 1. The number of amides is 2. The lowest BCUT2D eigenvalue weighted by Gasteiger charge is -2.34. The van der Waals surface area contributed by atoms with Gasteiger partial charge in [-0.2, -0.15) is 5.10 Å². The van der Waals surface area contributed by atoms with Gasteiger partial charge in [0.25, 0.3) is 5.91 Å². The van der Waals surface area contributed by atoms with Crippen LogP contribution in [0.5, 0.6) is 0 Å². The number of H-pyrrole nitrogens is 1. The first kappa shape index (κ1) is 27.1. The van der Waals surface area contributed by atoms with Gasteiger partial charge in [0.1, 0.15) is 16.9 Å². The van der Waals surface area contributed by atoms with Crippen molar-refractivity contribution in [3.8, 4) is 11.1 Å². The van der Waals surface area contributed by atoms with Gasteiger partial charge in [0.2, 0.25) is 0 Å². The minimum absolute atomic E-state index is 0.0261. The van der Waals surface area contributed by atoms with E-state index in [0.717, 1.165) is 63.8 Å². The second-order valence-electron chi connectivity index (χ2n) is 12.4. The van der Waals surface area contributed by atoms with E-state index in [1.165, 1.54) is 5.56 Å². The van der Waals surface area contributed by atoms with Crippen molar-refractivity contribution in [2.24, 2.45) is 7.05 Å². The molecule has 6 rings (SSSR count). The molecule has 3 aromatic heterocycles. The van der Waals surface area contributed by atoms with E-state index in [2.05, 4.69) is 40.2 Å². The number of carbonyl (C=O) groups is 2. The molecule has 1 N–H and O–H groups in total. The van der Waals surface area contributed by atoms with Crippen LogP contribution < -0.4 is 0 Å². The van der Waals surface area contributed by atoms with Gasteiger partial charge in [0.15, 0.2) is 0 Å². The topological polar surface area (TPSA) is 96.4 Å². The van der Waals surface area contributed by atoms with Gasteiger partial charge < -0.3 is 19.5 Å². The number of pyridine rings is 1. The van der Waals surface area contributed by atoms with E-state index in [9.17, 15) is 9.59 Å². The standard InChI is InChI=1S/C32H38N6O3/c1-19-16-33-29-24(19)15-23(17-34-29)22-13-21-9-11-37(30(39)28-12-20(2)35-36(28)6)18-26(21)25(14-22)27-8-7-10-38(27)31(40)41-32(3,4)5/h12-17,27H,7-11,18H2,1-6H3,(H,33,34)/t27-/m0/s1. The number of aromatic amines is 1. The fourth-order valence-electron chi connectivity index (χ4n) is 6.23. The normalized spacial score (nSPS) is 17.3. The van der Waals surface area contributed by atoms with Gasteiger partial charge in [0, 0.05) is 50.0 Å². The lowest BCUT2D eigenvalue weighted by molar-refractivity contribution is 0.0222. The Morgan fingerprint density at radius 1 is 1.07 bits per heavy atom. The molecule has 0 unspecified atom stereocenters. The molecule has 4 aromatic rings. The Morgan fingerprint density at radius 2 is 1.88 bits per heavy atom. The van der Waals surface area contributed by atoms with Crippen molar-refractivity contribution in [3.63, 3.8) is 0 Å². The van der Waals surface area contributed by atoms with E-state index in [4.69, 9.17) is 4.74 Å². The third-order valence-corrected chi connectivity index (χ3v) is 8.20. The number of fused-ring (bicyclic) bond motifs is 2. The van der Waals surface area contributed by atoms with Gasteiger partial charge in [-0.15, -0.1) is 0 Å². The maximum Gasteiger partial charge on any atom is 0.410 e. The van der Waals surface area contributed by atoms with Gasteiger partial charge in [-0.1, -0.05) is 6.07 Å². The number of ether oxygens (including phenoxy) is 1. The van der Waals surface area contributed by atoms with Crippen molar-refractivity contribution >= 4 is 23.0 Å². The van der Waals surface area contributed by atoms with Crippen molar-refractivity contribution in [1.29, 1.82) is 0 Å². The van der Waals surface area contributed by atoms with E-state index in [0.29, 0.717) is 25.3 Å². The van der Waals surface area contributed by atoms with E-state index >= 15 is 0 Å². The second-order valence-corrected chi connectivity index (χ2v) is 12.4. The lowest BCUT2D eigenvalue weighted by atomic mass is 9.86. The molecule has 2 aliphatic heterocycles. The van der Waals surface area contributed by atoms with Crippen LogP contribution in [-0.2, 0) is 24.8 Å². The third kappa shape index (κ3) is 5.09. The lowest BCUT2D eigenvalue weighted by Crippen LogP contribution is -2.39. The van der Waals surface area contributed by atoms with Crippen molar-refractivity contribution < 1.29 is 14.3 Å². The molecule has 1 aromatic carbocycles. The number of aromatic nitrogens is 4. The quantitative estimate of drug-likeness (QED) is 0.343. The molecule has 9 heteroatoms. The average Bonchev–Trinajstić information content (AvgIpc) is 3.64. The summed E-state index contributed by atoms with van der Waals surface area (Å²) < 4.78 is 7.47. The summed E-state index contributed by atoms with van der Waals surface area (Å²) in [6.45, 7) is 11.4. The number of likely N-dealkylation sites (tertiary alicyclic amines) is 1. The number of aryl methyl sites for hydroxylation is 3. The van der Waals surface area contributed by atoms with Gasteiger partial charge in [-0.25, -0.2) is 9.78 Å². The van der Waals surface area contributed by atoms with Crippen LogP contribution in [-0.4, -0.2) is 60.2 Å². The monoisotopic (exact) mass is 554 g/mol. The molecule has 1 saturated heterocycles. The first-order valence-electron chi connectivity index (χ1n) is 14.4. The molecule has 2 aliphatic rings. The molecule has 214 valence electrons. The van der Waals surface area contributed by atoms with Crippen LogP contribution in [0.2, 0.25) is 0 Å². The predicted octanol–water partition coefficient (Wildman–Crippen LogP) is 5.85. The van der Waals surface area contributed by atoms with Crippen LogP contribution in [0.15, 0.2) is 36.7 Å². The molecule has 0 radical (unpaired) electrons. The van der Waals surface area contributed by atoms with Crippen molar-refractivity contribution in [2.45, 2.75) is 72.1 Å². The smallest absolute Gasteiger partial charge is 0.410 e. The zero-order chi connectivity index (χ0) is 29.1. The summed E-state index contributed by atoms with van der Waals surface area (Å²) in [5.74, 6) is -0.0261. The molecule has 0 spiro atoms. The van der Waals surface area contributed by atoms with E-state index in [1.54, 1.807) is 4.68 Å². The van der Waals surface area contributed by atoms with Crippen LogP contribution >= 0.6 is 0 Å². The first-order chi connectivity index (χ1) is 19.5. The molecular weight excluding hydrogens is 516 g/mol. The summed E-state index contributed by atoms with van der Waals surface area (Å²) in [5, 5.41) is 5.48. The fourth-order valence-corrected chi connectivity index (χ4v) is 6.23. The van der Waals surface area contributed by atoms with Gasteiger partial charge in [-0.05, 0) is 99.9 Å². The van der Waals surface area contributed by atoms with Gasteiger partial charge in [0.05, 0.1) is 11.7 Å². The van der Waals surface area contributed by atoms with Crippen molar-refractivity contribution in [3.05, 3.63) is 70.3 Å². The molecule has 0 bridgehead atoms. The maximum atomic E-state index is 13.6. The number of benzene rings is 1. The molecule has 0 aliphatic carbocycles. The fraction of sp³-hybridized carbons (Fsp3) is 0.438. The number of carbonyl (C=O) groups excluding carboxylic acids is 2. The zero-order valence-corrected chi connectivity index (χ0v) is 24.7. The van der Waals surface area contributed by atoms with Crippen LogP contribution in [0.25, 0.3) is 22.2 Å². The Labute approximate surface area is 240 Å². The number of nitrogens with zero attached hydrogens (tertiary/aromatic N) is 5. The summed E-state index contributed by atoms with van der Waals surface area (Å²) >= 11 is 0. The maximum absolute atomic E-state index is 13.6. The Morgan fingerprint density at radius 3 is 2.61 bits per heavy atom. The highest BCUT2D eigenvalue weighted by Crippen LogP contribution is 2.40. The van der Waals surface area contributed by atoms with Gasteiger partial charge >= 0.3 is 6.09 Å². The van der Waals surface area contributed by atoms with Crippen molar-refractivity contribution in [1.82, 2.24) is 29.5 Å². The largest absolute Gasteiger partial charge is 0.444 e. The Kier molecular flexibility index (Phi) is 6.63. The van der Waals surface area contributed by atoms with E-state index in [-0.39, 0.29) is 18.0 Å². The summed E-state index contributed by atoms with van der Waals surface area (Å²) in [6, 6.07) is 8.35. The zero-order valence-electron chi connectivity index (χ0n) is 24.7. The summed E-state index contributed by atoms with van der Waals surface area (Å²) in [7, 11) is 1.81. The van der Waals surface area contributed by atoms with Crippen LogP contribution in [0.4, 0.5) is 4.79 Å². The predicted molar refractivity (Wildman–Crippen MR) is 158 cm³/mol. The number of rotatable bonds is 3. The average molecular weight is 555 g/mol. The Bertz CT molecular complexity index is 1660. The highest BCUT2D eigenvalue weighted by molar-refractivity contribution is 5.93. The highest BCUT2D eigenvalue weighted by atomic mass is 16.6. The van der Waals surface area contributed by atoms with Crippen LogP contribution in [0.3, 0.4) is 0 Å². The molecule has 1 atom stereocenters. The summed E-state index contributed by atoms with van der Waals surface area (Å²) in [5.41, 5.74) is 8.39. The number of hydrogen-bond donors (Lipinski definition) is 1. The second kappa shape index (κ2) is 10.0. The van der Waals surface area contributed by atoms with E-state index < -0.39 is 5.60 Å². The highest BCUT2D eigenvalue weighted by Gasteiger charge is 2.36. The molecule has 41 heavy (non-hydrogen) atoms. The van der Waals surface area contributed by atoms with Crippen LogP contribution in [0.1, 0.15) is 78.1 Å². The van der Waals surface area contributed by atoms with Crippen molar-refractivity contribution in [2.75, 3.05) is 13.1 Å². The molecular formula is C32H38N6O3. The Hall–Kier alpha value is -4.14. The SMILES string of the molecule is Cc1cc(C(=O)N2CCc3cc(-c4cnc5[nH]cc(C)c5c4)cc([C@@H]4CCCN4C(=O)OC(C)(C)C)c3C2)n(C)n1. The molecule has 2 amide bonds. The number of hydrogen-bond acceptors (Lipinski definition) is 5. The first-order valence-corrected chi connectivity index (χ1v) is 14.4. The summed E-state index contributed by atoms with van der Waals surface area (Å²) in [6.07, 6.45) is 6.07. The minimum atomic E-state index is -0.578. The molecule has 9 nitrogen and oxygen atoms in total. The summed E-state index contributed by atoms with van der Waals surface area (Å²) in [4.78, 5) is 38.6. The molecule has 0 saturated carbocycles. The molecule has 5 heterocycles. The molecule has 1 fully saturated rings. The third-order valence-electron chi connectivity index (χ3n) is 8.20. The van der Waals surface area contributed by atoms with Crippen LogP contribution in [0, 0.1) is 13.8 Å². The van der Waals surface area contributed by atoms with E-state index in [1.807, 2.05) is 63.0 Å². The van der Waals surface area contributed by atoms with Gasteiger partial charge in [-0.3, -0.25) is 9.48 Å².